The third-order valence-corrected chi connectivity index (χ3v) is 4.46. The van der Waals surface area contributed by atoms with Crippen LogP contribution in [0.5, 0.6) is 0 Å². The molecule has 1 aromatic carbocycles. The molecule has 0 aliphatic rings. The zero-order valence-electron chi connectivity index (χ0n) is 8.14. The minimum absolute atomic E-state index is 0.00897. The summed E-state index contributed by atoms with van der Waals surface area (Å²) in [6, 6.07) is 7.79. The lowest BCUT2D eigenvalue weighted by molar-refractivity contribution is 0.584. The van der Waals surface area contributed by atoms with E-state index < -0.39 is 15.1 Å². The van der Waals surface area contributed by atoms with Crippen LogP contribution in [0.1, 0.15) is 13.3 Å². The second-order valence-corrected chi connectivity index (χ2v) is 5.97. The SMILES string of the molecule is CC(CC#N)S(=O)(=O)c1ccc(Cl)cc1. The molecule has 0 aliphatic carbocycles. The van der Waals surface area contributed by atoms with Crippen molar-refractivity contribution in [2.75, 3.05) is 0 Å². The molecule has 80 valence electrons. The van der Waals surface area contributed by atoms with Gasteiger partial charge in [0.2, 0.25) is 0 Å². The van der Waals surface area contributed by atoms with E-state index in [-0.39, 0.29) is 11.3 Å². The molecule has 0 radical (unpaired) electrons. The Morgan fingerprint density at radius 3 is 2.40 bits per heavy atom. The lowest BCUT2D eigenvalue weighted by Gasteiger charge is -2.09. The van der Waals surface area contributed by atoms with E-state index in [1.54, 1.807) is 0 Å². The highest BCUT2D eigenvalue weighted by Gasteiger charge is 2.22. The molecule has 5 heteroatoms. The van der Waals surface area contributed by atoms with Crippen LogP contribution in [0.3, 0.4) is 0 Å². The zero-order valence-corrected chi connectivity index (χ0v) is 9.72. The summed E-state index contributed by atoms with van der Waals surface area (Å²) in [5, 5.41) is 8.25. The molecule has 1 aromatic rings. The average Bonchev–Trinajstić information content (AvgIpc) is 2.18. The zero-order chi connectivity index (χ0) is 11.5. The molecule has 0 saturated heterocycles. The first kappa shape index (κ1) is 12.0. The van der Waals surface area contributed by atoms with Gasteiger partial charge in [0.1, 0.15) is 0 Å². The number of hydrogen-bond acceptors (Lipinski definition) is 3. The highest BCUT2D eigenvalue weighted by atomic mass is 35.5. The van der Waals surface area contributed by atoms with Crippen LogP contribution in [0.25, 0.3) is 0 Å². The molecule has 3 nitrogen and oxygen atoms in total. The molecule has 0 N–H and O–H groups in total. The summed E-state index contributed by atoms with van der Waals surface area (Å²) < 4.78 is 23.7. The van der Waals surface area contributed by atoms with E-state index in [4.69, 9.17) is 16.9 Å². The first-order valence-corrected chi connectivity index (χ1v) is 6.27. The predicted octanol–water partition coefficient (Wildman–Crippen LogP) is 2.42. The van der Waals surface area contributed by atoms with Gasteiger partial charge >= 0.3 is 0 Å². The number of rotatable bonds is 3. The normalized spacial score (nSPS) is 13.1. The van der Waals surface area contributed by atoms with Gasteiger partial charge in [0.15, 0.2) is 9.84 Å². The second-order valence-electron chi connectivity index (χ2n) is 3.17. The van der Waals surface area contributed by atoms with Gasteiger partial charge in [0, 0.05) is 5.02 Å². The van der Waals surface area contributed by atoms with Gasteiger partial charge in [-0.3, -0.25) is 0 Å². The lowest BCUT2D eigenvalue weighted by Crippen LogP contribution is -2.17. The second kappa shape index (κ2) is 4.65. The summed E-state index contributed by atoms with van der Waals surface area (Å²) in [6.07, 6.45) is -0.00897. The van der Waals surface area contributed by atoms with Crippen molar-refractivity contribution < 1.29 is 8.42 Å². The maximum Gasteiger partial charge on any atom is 0.181 e. The molecular formula is C10H10ClNO2S. The van der Waals surface area contributed by atoms with Gasteiger partial charge in [0.25, 0.3) is 0 Å². The van der Waals surface area contributed by atoms with Gasteiger partial charge in [-0.1, -0.05) is 11.6 Å². The highest BCUT2D eigenvalue weighted by molar-refractivity contribution is 7.92. The van der Waals surface area contributed by atoms with Crippen LogP contribution in [0, 0.1) is 11.3 Å². The minimum atomic E-state index is -3.40. The molecule has 0 fully saturated rings. The predicted molar refractivity (Wildman–Crippen MR) is 58.3 cm³/mol. The van der Waals surface area contributed by atoms with E-state index in [1.807, 2.05) is 6.07 Å². The van der Waals surface area contributed by atoms with Gasteiger partial charge in [-0.25, -0.2) is 8.42 Å². The molecule has 0 bridgehead atoms. The number of hydrogen-bond donors (Lipinski definition) is 0. The van der Waals surface area contributed by atoms with Crippen LogP contribution in [0.15, 0.2) is 29.2 Å². The summed E-state index contributed by atoms with van der Waals surface area (Å²) in [4.78, 5) is 0.203. The number of benzene rings is 1. The molecule has 1 atom stereocenters. The Morgan fingerprint density at radius 1 is 1.40 bits per heavy atom. The van der Waals surface area contributed by atoms with Gasteiger partial charge in [0.05, 0.1) is 22.6 Å². The van der Waals surface area contributed by atoms with Gasteiger partial charge in [-0.05, 0) is 31.2 Å². The molecule has 0 saturated carbocycles. The maximum atomic E-state index is 11.8. The van der Waals surface area contributed by atoms with Gasteiger partial charge in [-0.2, -0.15) is 5.26 Å². The molecular weight excluding hydrogens is 234 g/mol. The number of nitrogens with zero attached hydrogens (tertiary/aromatic N) is 1. The Balaban J connectivity index is 3.07. The first-order chi connectivity index (χ1) is 6.98. The fraction of sp³-hybridized carbons (Fsp3) is 0.300. The molecule has 15 heavy (non-hydrogen) atoms. The summed E-state index contributed by atoms with van der Waals surface area (Å²) >= 11 is 5.66. The van der Waals surface area contributed by atoms with Crippen molar-refractivity contribution in [2.45, 2.75) is 23.5 Å². The largest absolute Gasteiger partial charge is 0.223 e. The van der Waals surface area contributed by atoms with Crippen LogP contribution in [0.2, 0.25) is 5.02 Å². The molecule has 0 aromatic heterocycles. The van der Waals surface area contributed by atoms with Crippen LogP contribution < -0.4 is 0 Å². The van der Waals surface area contributed by atoms with Crippen molar-refractivity contribution in [1.29, 1.82) is 5.26 Å². The lowest BCUT2D eigenvalue weighted by atomic mass is 10.4. The fourth-order valence-electron chi connectivity index (χ4n) is 1.09. The van der Waals surface area contributed by atoms with Crippen molar-refractivity contribution in [3.63, 3.8) is 0 Å². The van der Waals surface area contributed by atoms with Gasteiger partial charge in [-0.15, -0.1) is 0 Å². The van der Waals surface area contributed by atoms with Crippen LogP contribution in [-0.4, -0.2) is 13.7 Å². The van der Waals surface area contributed by atoms with Crippen molar-refractivity contribution in [3.8, 4) is 6.07 Å². The number of sulfone groups is 1. The van der Waals surface area contributed by atoms with Crippen molar-refractivity contribution in [2.24, 2.45) is 0 Å². The van der Waals surface area contributed by atoms with E-state index in [1.165, 1.54) is 31.2 Å². The average molecular weight is 244 g/mol. The highest BCUT2D eigenvalue weighted by Crippen LogP contribution is 2.19. The third-order valence-electron chi connectivity index (χ3n) is 2.05. The number of nitriles is 1. The molecule has 0 spiro atoms. The number of halogens is 1. The monoisotopic (exact) mass is 243 g/mol. The molecule has 1 rings (SSSR count). The van der Waals surface area contributed by atoms with E-state index >= 15 is 0 Å². The molecule has 1 unspecified atom stereocenters. The summed E-state index contributed by atoms with van der Waals surface area (Å²) in [7, 11) is -3.40. The van der Waals surface area contributed by atoms with E-state index in [0.717, 1.165) is 0 Å². The third kappa shape index (κ3) is 2.71. The van der Waals surface area contributed by atoms with Gasteiger partial charge < -0.3 is 0 Å². The Morgan fingerprint density at radius 2 is 1.93 bits per heavy atom. The Hall–Kier alpha value is -1.05. The van der Waals surface area contributed by atoms with Crippen LogP contribution in [0.4, 0.5) is 0 Å². The Bertz CT molecular complexity index is 473. The van der Waals surface area contributed by atoms with E-state index in [0.29, 0.717) is 5.02 Å². The molecule has 0 heterocycles. The fourth-order valence-corrected chi connectivity index (χ4v) is 2.49. The van der Waals surface area contributed by atoms with Crippen molar-refractivity contribution >= 4 is 21.4 Å². The topological polar surface area (TPSA) is 57.9 Å². The smallest absolute Gasteiger partial charge is 0.181 e. The Kier molecular flexibility index (Phi) is 3.72. The van der Waals surface area contributed by atoms with Crippen LogP contribution in [-0.2, 0) is 9.84 Å². The minimum Gasteiger partial charge on any atom is -0.223 e. The summed E-state index contributed by atoms with van der Waals surface area (Å²) in [6.45, 7) is 1.52. The van der Waals surface area contributed by atoms with Crippen molar-refractivity contribution in [1.82, 2.24) is 0 Å². The van der Waals surface area contributed by atoms with Crippen LogP contribution >= 0.6 is 11.6 Å². The van der Waals surface area contributed by atoms with Crippen molar-refractivity contribution in [3.05, 3.63) is 29.3 Å². The van der Waals surface area contributed by atoms with E-state index in [9.17, 15) is 8.42 Å². The maximum absolute atomic E-state index is 11.8. The summed E-state index contributed by atoms with van der Waals surface area (Å²) in [5.41, 5.74) is 0. The quantitative estimate of drug-likeness (QED) is 0.819. The molecule has 0 aliphatic heterocycles. The summed E-state index contributed by atoms with van der Waals surface area (Å²) in [5.74, 6) is 0. The first-order valence-electron chi connectivity index (χ1n) is 4.35. The standard InChI is InChI=1S/C10H10ClNO2S/c1-8(6-7-12)15(13,14)10-4-2-9(11)3-5-10/h2-5,8H,6H2,1H3. The molecule has 0 amide bonds. The van der Waals surface area contributed by atoms with E-state index in [2.05, 4.69) is 0 Å². The Labute approximate surface area is 94.2 Å².